The van der Waals surface area contributed by atoms with Crippen LogP contribution in [0.1, 0.15) is 24.0 Å². The molecule has 1 aliphatic rings. The fourth-order valence-corrected chi connectivity index (χ4v) is 4.84. The summed E-state index contributed by atoms with van der Waals surface area (Å²) >= 11 is 0. The molecule has 0 spiro atoms. The van der Waals surface area contributed by atoms with Crippen molar-refractivity contribution < 1.29 is 18.1 Å². The Balaban J connectivity index is 0.00000338. The molecule has 0 aliphatic carbocycles. The number of hydrogen-bond acceptors (Lipinski definition) is 6. The Morgan fingerprint density at radius 1 is 1.31 bits per heavy atom. The Kier molecular flexibility index (Phi) is 7.97. The van der Waals surface area contributed by atoms with Gasteiger partial charge in [-0.2, -0.15) is 0 Å². The summed E-state index contributed by atoms with van der Waals surface area (Å²) < 4.78 is 33.6. The number of aryl methyl sites for hydroxylation is 1. The van der Waals surface area contributed by atoms with Gasteiger partial charge in [-0.25, -0.2) is 13.1 Å². The van der Waals surface area contributed by atoms with E-state index in [9.17, 15) is 18.5 Å². The van der Waals surface area contributed by atoms with Crippen LogP contribution in [0.2, 0.25) is 0 Å². The van der Waals surface area contributed by atoms with E-state index in [0.29, 0.717) is 17.7 Å². The predicted molar refractivity (Wildman–Crippen MR) is 101 cm³/mol. The second-order valence-corrected chi connectivity index (χ2v) is 8.32. The summed E-state index contributed by atoms with van der Waals surface area (Å²) in [5, 5.41) is 14.5. The normalized spacial score (nSPS) is 16.7. The van der Waals surface area contributed by atoms with Gasteiger partial charge in [0.2, 0.25) is 10.0 Å². The Labute approximate surface area is 160 Å². The number of ether oxygens (including phenoxy) is 1. The highest BCUT2D eigenvalue weighted by atomic mass is 35.5. The Morgan fingerprint density at radius 2 is 1.92 bits per heavy atom. The van der Waals surface area contributed by atoms with Gasteiger partial charge in [-0.3, -0.25) is 10.1 Å². The maximum atomic E-state index is 12.8. The minimum absolute atomic E-state index is 0. The fraction of sp³-hybridized carbons (Fsp3) is 0.625. The average Bonchev–Trinajstić information content (AvgIpc) is 2.56. The molecule has 1 aliphatic heterocycles. The van der Waals surface area contributed by atoms with Crippen LogP contribution in [0.15, 0.2) is 17.0 Å². The molecule has 0 radical (unpaired) electrons. The van der Waals surface area contributed by atoms with Gasteiger partial charge in [-0.15, -0.1) is 12.4 Å². The van der Waals surface area contributed by atoms with Crippen LogP contribution in [-0.4, -0.2) is 46.7 Å². The highest BCUT2D eigenvalue weighted by molar-refractivity contribution is 7.89. The maximum Gasteiger partial charge on any atom is 0.289 e. The van der Waals surface area contributed by atoms with Gasteiger partial charge in [-0.1, -0.05) is 6.07 Å². The van der Waals surface area contributed by atoms with E-state index in [2.05, 4.69) is 10.0 Å². The average molecular weight is 408 g/mol. The standard InChI is InChI=1S/C16H25N3O5S.ClH/c1-12-4-5-14(19(20)21)15(13(12)2)25(22,23)18-10-16(11-24-3)6-8-17-9-7-16;/h4-5,17-18H,6-11H2,1-3H3;1H. The number of methoxy groups -OCH3 is 1. The van der Waals surface area contributed by atoms with Gasteiger partial charge in [0.1, 0.15) is 0 Å². The summed E-state index contributed by atoms with van der Waals surface area (Å²) in [5.41, 5.74) is 0.383. The van der Waals surface area contributed by atoms with E-state index in [1.165, 1.54) is 6.07 Å². The first-order valence-corrected chi connectivity index (χ1v) is 9.65. The number of halogens is 1. The molecule has 10 heteroatoms. The van der Waals surface area contributed by atoms with Gasteiger partial charge in [0.25, 0.3) is 5.69 Å². The quantitative estimate of drug-likeness (QED) is 0.527. The van der Waals surface area contributed by atoms with E-state index in [0.717, 1.165) is 25.9 Å². The van der Waals surface area contributed by atoms with Gasteiger partial charge < -0.3 is 10.1 Å². The van der Waals surface area contributed by atoms with Gasteiger partial charge >= 0.3 is 0 Å². The molecule has 1 saturated heterocycles. The molecule has 0 saturated carbocycles. The van der Waals surface area contributed by atoms with Gasteiger partial charge in [0.05, 0.1) is 11.5 Å². The smallest absolute Gasteiger partial charge is 0.289 e. The molecule has 0 unspecified atom stereocenters. The van der Waals surface area contributed by atoms with Crippen LogP contribution in [0, 0.1) is 29.4 Å². The summed E-state index contributed by atoms with van der Waals surface area (Å²) in [6.45, 7) is 5.52. The first kappa shape index (κ1) is 22.8. The van der Waals surface area contributed by atoms with E-state index in [1.807, 2.05) is 0 Å². The zero-order valence-corrected chi connectivity index (χ0v) is 16.8. The third-order valence-corrected chi connectivity index (χ3v) is 6.45. The van der Waals surface area contributed by atoms with Gasteiger partial charge in [-0.05, 0) is 50.9 Å². The summed E-state index contributed by atoms with van der Waals surface area (Å²) in [6, 6.07) is 2.80. The van der Waals surface area contributed by atoms with Crippen LogP contribution in [0.5, 0.6) is 0 Å². The number of benzene rings is 1. The number of hydrogen-bond donors (Lipinski definition) is 2. The van der Waals surface area contributed by atoms with Crippen LogP contribution < -0.4 is 10.0 Å². The van der Waals surface area contributed by atoms with Crippen molar-refractivity contribution in [1.82, 2.24) is 10.0 Å². The predicted octanol–water partition coefficient (Wildman–Crippen LogP) is 1.93. The number of piperidine rings is 1. The minimum Gasteiger partial charge on any atom is -0.384 e. The molecule has 1 fully saturated rings. The first-order chi connectivity index (χ1) is 11.7. The minimum atomic E-state index is -4.01. The molecule has 26 heavy (non-hydrogen) atoms. The number of nitrogens with one attached hydrogen (secondary N) is 2. The lowest BCUT2D eigenvalue weighted by Crippen LogP contribution is -2.47. The Morgan fingerprint density at radius 3 is 2.46 bits per heavy atom. The van der Waals surface area contributed by atoms with Crippen LogP contribution in [0.3, 0.4) is 0 Å². The second kappa shape index (κ2) is 9.09. The molecular formula is C16H26ClN3O5S. The molecule has 1 aromatic rings. The summed E-state index contributed by atoms with van der Waals surface area (Å²) in [5.74, 6) is 0. The van der Waals surface area contributed by atoms with E-state index >= 15 is 0 Å². The molecule has 0 aromatic heterocycles. The summed E-state index contributed by atoms with van der Waals surface area (Å²) in [7, 11) is -2.42. The molecule has 2 N–H and O–H groups in total. The number of nitro groups is 1. The zero-order valence-electron chi connectivity index (χ0n) is 15.2. The molecule has 8 nitrogen and oxygen atoms in total. The largest absolute Gasteiger partial charge is 0.384 e. The molecule has 0 atom stereocenters. The highest BCUT2D eigenvalue weighted by Gasteiger charge is 2.35. The molecule has 1 aromatic carbocycles. The van der Waals surface area contributed by atoms with Crippen molar-refractivity contribution in [3.63, 3.8) is 0 Å². The third kappa shape index (κ3) is 4.92. The van der Waals surface area contributed by atoms with E-state index in [-0.39, 0.29) is 29.3 Å². The molecule has 1 heterocycles. The van der Waals surface area contributed by atoms with Crippen molar-refractivity contribution >= 4 is 28.1 Å². The Hall–Kier alpha value is -1.26. The topological polar surface area (TPSA) is 111 Å². The lowest BCUT2D eigenvalue weighted by Gasteiger charge is -2.37. The van der Waals surface area contributed by atoms with Crippen molar-refractivity contribution in [2.24, 2.45) is 5.41 Å². The summed E-state index contributed by atoms with van der Waals surface area (Å²) in [6.07, 6.45) is 1.55. The van der Waals surface area contributed by atoms with Crippen LogP contribution in [0.25, 0.3) is 0 Å². The maximum absolute atomic E-state index is 12.8. The van der Waals surface area contributed by atoms with Crippen molar-refractivity contribution in [3.05, 3.63) is 33.4 Å². The van der Waals surface area contributed by atoms with Crippen molar-refractivity contribution in [3.8, 4) is 0 Å². The molecule has 0 bridgehead atoms. The van der Waals surface area contributed by atoms with Crippen LogP contribution in [0.4, 0.5) is 5.69 Å². The third-order valence-electron chi connectivity index (χ3n) is 4.87. The zero-order chi connectivity index (χ0) is 18.7. The monoisotopic (exact) mass is 407 g/mol. The van der Waals surface area contributed by atoms with Gasteiger partial charge in [0, 0.05) is 25.1 Å². The van der Waals surface area contributed by atoms with Gasteiger partial charge in [0.15, 0.2) is 4.90 Å². The number of sulfonamides is 1. The Bertz CT molecular complexity index is 743. The van der Waals surface area contributed by atoms with E-state index in [4.69, 9.17) is 4.74 Å². The number of nitro benzene ring substituents is 1. The van der Waals surface area contributed by atoms with Crippen LogP contribution in [-0.2, 0) is 14.8 Å². The molecule has 2 rings (SSSR count). The SMILES string of the molecule is COCC1(CNS(=O)(=O)c2c([N+](=O)[O-])ccc(C)c2C)CCNCC1.Cl. The van der Waals surface area contributed by atoms with Crippen molar-refractivity contribution in [2.45, 2.75) is 31.6 Å². The molecule has 148 valence electrons. The van der Waals surface area contributed by atoms with Crippen molar-refractivity contribution in [2.75, 3.05) is 33.4 Å². The molecule has 0 amide bonds. The second-order valence-electron chi connectivity index (χ2n) is 6.62. The lowest BCUT2D eigenvalue weighted by atomic mass is 9.80. The van der Waals surface area contributed by atoms with Crippen molar-refractivity contribution in [1.29, 1.82) is 0 Å². The number of rotatable bonds is 7. The van der Waals surface area contributed by atoms with E-state index < -0.39 is 20.6 Å². The molecular weight excluding hydrogens is 382 g/mol. The highest BCUT2D eigenvalue weighted by Crippen LogP contribution is 2.32. The lowest BCUT2D eigenvalue weighted by molar-refractivity contribution is -0.387. The van der Waals surface area contributed by atoms with Crippen LogP contribution >= 0.6 is 12.4 Å². The number of nitrogens with zero attached hydrogens (tertiary/aromatic N) is 1. The first-order valence-electron chi connectivity index (χ1n) is 8.16. The van der Waals surface area contributed by atoms with E-state index in [1.54, 1.807) is 27.0 Å². The summed E-state index contributed by atoms with van der Waals surface area (Å²) in [4.78, 5) is 10.4. The fourth-order valence-electron chi connectivity index (χ4n) is 3.21.